The fourth-order valence-electron chi connectivity index (χ4n) is 1.98. The van der Waals surface area contributed by atoms with E-state index in [-0.39, 0.29) is 0 Å². The number of nitrogens with zero attached hydrogens (tertiary/aromatic N) is 1. The number of nitrogens with two attached hydrogens (primary N) is 1. The van der Waals surface area contributed by atoms with Crippen molar-refractivity contribution in [1.29, 1.82) is 0 Å². The van der Waals surface area contributed by atoms with Crippen LogP contribution in [0, 0.1) is 6.92 Å². The molecule has 90 valence electrons. The smallest absolute Gasteiger partial charge is 0.149 e. The lowest BCUT2D eigenvalue weighted by Gasteiger charge is -2.08. The molecule has 0 fully saturated rings. The standard InChI is InChI=1S/C13H16BrN3/c1-3-5-10-12(16-17-13(10)15)9-6-4-7-11(14)8(9)2/h4,6-7H,3,5H2,1-2H3,(H3,15,16,17). The molecule has 0 aliphatic carbocycles. The molecule has 1 aromatic heterocycles. The average molecular weight is 294 g/mol. The van der Waals surface area contributed by atoms with Crippen molar-refractivity contribution < 1.29 is 0 Å². The summed E-state index contributed by atoms with van der Waals surface area (Å²) in [5.74, 6) is 0.612. The van der Waals surface area contributed by atoms with E-state index in [1.54, 1.807) is 0 Å². The van der Waals surface area contributed by atoms with Crippen molar-refractivity contribution in [3.63, 3.8) is 0 Å². The summed E-state index contributed by atoms with van der Waals surface area (Å²) in [5.41, 5.74) is 10.4. The number of anilines is 1. The largest absolute Gasteiger partial charge is 0.382 e. The highest BCUT2D eigenvalue weighted by Crippen LogP contribution is 2.32. The molecule has 0 saturated carbocycles. The van der Waals surface area contributed by atoms with Crippen molar-refractivity contribution in [2.75, 3.05) is 5.73 Å². The number of hydrogen-bond donors (Lipinski definition) is 2. The highest BCUT2D eigenvalue weighted by molar-refractivity contribution is 9.10. The first-order chi connectivity index (χ1) is 8.15. The zero-order chi connectivity index (χ0) is 12.4. The maximum atomic E-state index is 5.90. The minimum absolute atomic E-state index is 0.612. The first kappa shape index (κ1) is 12.2. The van der Waals surface area contributed by atoms with Gasteiger partial charge in [0.1, 0.15) is 5.82 Å². The van der Waals surface area contributed by atoms with Crippen LogP contribution >= 0.6 is 15.9 Å². The number of aromatic nitrogens is 2. The van der Waals surface area contributed by atoms with Gasteiger partial charge in [-0.3, -0.25) is 5.10 Å². The Hall–Kier alpha value is -1.29. The number of nitrogens with one attached hydrogen (secondary N) is 1. The number of hydrogen-bond acceptors (Lipinski definition) is 2. The molecule has 3 N–H and O–H groups in total. The van der Waals surface area contributed by atoms with Gasteiger partial charge in [-0.2, -0.15) is 5.10 Å². The predicted octanol–water partition coefficient (Wildman–Crippen LogP) is 3.68. The van der Waals surface area contributed by atoms with Crippen molar-refractivity contribution in [1.82, 2.24) is 10.2 Å². The second-order valence-corrected chi connectivity index (χ2v) is 4.98. The van der Waals surface area contributed by atoms with E-state index in [0.717, 1.165) is 34.1 Å². The summed E-state index contributed by atoms with van der Waals surface area (Å²) in [6.45, 7) is 4.23. The number of nitrogen functional groups attached to an aromatic ring is 1. The summed E-state index contributed by atoms with van der Waals surface area (Å²) in [4.78, 5) is 0. The van der Waals surface area contributed by atoms with Gasteiger partial charge < -0.3 is 5.73 Å². The van der Waals surface area contributed by atoms with E-state index in [2.05, 4.69) is 46.0 Å². The number of benzene rings is 1. The van der Waals surface area contributed by atoms with Crippen molar-refractivity contribution in [2.24, 2.45) is 0 Å². The van der Waals surface area contributed by atoms with E-state index in [9.17, 15) is 0 Å². The molecule has 3 nitrogen and oxygen atoms in total. The molecular weight excluding hydrogens is 278 g/mol. The number of aromatic amines is 1. The fraction of sp³-hybridized carbons (Fsp3) is 0.308. The Morgan fingerprint density at radius 2 is 2.18 bits per heavy atom. The van der Waals surface area contributed by atoms with Gasteiger partial charge in [-0.15, -0.1) is 0 Å². The maximum absolute atomic E-state index is 5.90. The Morgan fingerprint density at radius 1 is 1.41 bits per heavy atom. The van der Waals surface area contributed by atoms with Crippen LogP contribution in [-0.2, 0) is 6.42 Å². The summed E-state index contributed by atoms with van der Waals surface area (Å²) in [6, 6.07) is 6.16. The third-order valence-electron chi connectivity index (χ3n) is 2.94. The molecule has 1 heterocycles. The lowest BCUT2D eigenvalue weighted by Crippen LogP contribution is -1.94. The van der Waals surface area contributed by atoms with E-state index >= 15 is 0 Å². The normalized spacial score (nSPS) is 10.8. The second-order valence-electron chi connectivity index (χ2n) is 4.12. The van der Waals surface area contributed by atoms with Crippen LogP contribution in [0.15, 0.2) is 22.7 Å². The van der Waals surface area contributed by atoms with Crippen LogP contribution in [-0.4, -0.2) is 10.2 Å². The number of halogens is 1. The highest BCUT2D eigenvalue weighted by Gasteiger charge is 2.14. The van der Waals surface area contributed by atoms with Crippen LogP contribution in [0.2, 0.25) is 0 Å². The van der Waals surface area contributed by atoms with Gasteiger partial charge in [0.05, 0.1) is 5.69 Å². The molecule has 1 aromatic carbocycles. The van der Waals surface area contributed by atoms with E-state index in [1.807, 2.05) is 12.1 Å². The SMILES string of the molecule is CCCc1c(N)n[nH]c1-c1cccc(Br)c1C. The fourth-order valence-corrected chi connectivity index (χ4v) is 2.35. The van der Waals surface area contributed by atoms with E-state index in [0.29, 0.717) is 5.82 Å². The molecule has 0 radical (unpaired) electrons. The van der Waals surface area contributed by atoms with Crippen molar-refractivity contribution >= 4 is 21.7 Å². The summed E-state index contributed by atoms with van der Waals surface area (Å²) >= 11 is 3.55. The molecule has 4 heteroatoms. The van der Waals surface area contributed by atoms with Crippen LogP contribution in [0.1, 0.15) is 24.5 Å². The van der Waals surface area contributed by atoms with Gasteiger partial charge in [0.15, 0.2) is 0 Å². The molecule has 0 amide bonds. The molecule has 0 aliphatic rings. The quantitative estimate of drug-likeness (QED) is 0.907. The Morgan fingerprint density at radius 3 is 2.88 bits per heavy atom. The topological polar surface area (TPSA) is 54.7 Å². The molecule has 0 unspecified atom stereocenters. The van der Waals surface area contributed by atoms with E-state index in [1.165, 1.54) is 5.56 Å². The Bertz CT molecular complexity index is 531. The van der Waals surface area contributed by atoms with Crippen LogP contribution < -0.4 is 5.73 Å². The third kappa shape index (κ3) is 2.22. The monoisotopic (exact) mass is 293 g/mol. The van der Waals surface area contributed by atoms with Gasteiger partial charge in [-0.25, -0.2) is 0 Å². The van der Waals surface area contributed by atoms with Gasteiger partial charge in [-0.05, 0) is 25.0 Å². The molecule has 0 atom stereocenters. The van der Waals surface area contributed by atoms with Crippen LogP contribution in [0.25, 0.3) is 11.3 Å². The van der Waals surface area contributed by atoms with Crippen molar-refractivity contribution in [3.05, 3.63) is 33.8 Å². The van der Waals surface area contributed by atoms with Crippen molar-refractivity contribution in [3.8, 4) is 11.3 Å². The first-order valence-electron chi connectivity index (χ1n) is 5.73. The minimum atomic E-state index is 0.612. The minimum Gasteiger partial charge on any atom is -0.382 e. The summed E-state index contributed by atoms with van der Waals surface area (Å²) in [7, 11) is 0. The van der Waals surface area contributed by atoms with Gasteiger partial charge in [0, 0.05) is 15.6 Å². The molecule has 0 aliphatic heterocycles. The Kier molecular flexibility index (Phi) is 3.52. The van der Waals surface area contributed by atoms with Gasteiger partial charge in [0.25, 0.3) is 0 Å². The average Bonchev–Trinajstić information content (AvgIpc) is 2.66. The van der Waals surface area contributed by atoms with Crippen molar-refractivity contribution in [2.45, 2.75) is 26.7 Å². The lowest BCUT2D eigenvalue weighted by atomic mass is 10.0. The first-order valence-corrected chi connectivity index (χ1v) is 6.52. The molecule has 17 heavy (non-hydrogen) atoms. The van der Waals surface area contributed by atoms with Gasteiger partial charge in [-0.1, -0.05) is 41.4 Å². The maximum Gasteiger partial charge on any atom is 0.149 e. The predicted molar refractivity (Wildman–Crippen MR) is 74.9 cm³/mol. The molecule has 0 bridgehead atoms. The second kappa shape index (κ2) is 4.92. The zero-order valence-corrected chi connectivity index (χ0v) is 11.6. The highest BCUT2D eigenvalue weighted by atomic mass is 79.9. The number of H-pyrrole nitrogens is 1. The molecule has 2 rings (SSSR count). The lowest BCUT2D eigenvalue weighted by molar-refractivity contribution is 0.926. The Balaban J connectivity index is 2.56. The Labute approximate surface area is 110 Å². The molecule has 0 saturated heterocycles. The third-order valence-corrected chi connectivity index (χ3v) is 3.80. The summed E-state index contributed by atoms with van der Waals surface area (Å²) < 4.78 is 1.10. The van der Waals surface area contributed by atoms with Crippen LogP contribution in [0.5, 0.6) is 0 Å². The number of rotatable bonds is 3. The van der Waals surface area contributed by atoms with Crippen LogP contribution in [0.3, 0.4) is 0 Å². The molecule has 0 spiro atoms. The van der Waals surface area contributed by atoms with E-state index < -0.39 is 0 Å². The van der Waals surface area contributed by atoms with Gasteiger partial charge >= 0.3 is 0 Å². The van der Waals surface area contributed by atoms with E-state index in [4.69, 9.17) is 5.73 Å². The van der Waals surface area contributed by atoms with Crippen LogP contribution in [0.4, 0.5) is 5.82 Å². The molecule has 2 aromatic rings. The zero-order valence-electron chi connectivity index (χ0n) is 10.0. The van der Waals surface area contributed by atoms with Gasteiger partial charge in [0.2, 0.25) is 0 Å². The molecular formula is C13H16BrN3. The summed E-state index contributed by atoms with van der Waals surface area (Å²) in [5, 5.41) is 7.17. The summed E-state index contributed by atoms with van der Waals surface area (Å²) in [6.07, 6.45) is 2.01.